The molecule has 3 aromatic carbocycles. The van der Waals surface area contributed by atoms with E-state index in [9.17, 15) is 14.4 Å². The largest absolute Gasteiger partial charge is 0.487 e. The smallest absolute Gasteiger partial charge is 0.262 e. The molecular weight excluding hydrogens is 500 g/mol. The molecule has 3 amide bonds. The van der Waals surface area contributed by atoms with E-state index in [4.69, 9.17) is 4.74 Å². The molecule has 0 aromatic heterocycles. The van der Waals surface area contributed by atoms with Gasteiger partial charge in [-0.05, 0) is 91.5 Å². The van der Waals surface area contributed by atoms with E-state index in [2.05, 4.69) is 0 Å². The van der Waals surface area contributed by atoms with Crippen molar-refractivity contribution in [2.45, 2.75) is 45.1 Å². The number of anilines is 1. The Labute approximate surface area is 234 Å². The highest BCUT2D eigenvalue weighted by atomic mass is 16.5. The first kappa shape index (κ1) is 25.1. The van der Waals surface area contributed by atoms with Gasteiger partial charge in [0.25, 0.3) is 11.8 Å². The molecule has 1 aliphatic heterocycles. The molecule has 0 unspecified atom stereocenters. The van der Waals surface area contributed by atoms with Gasteiger partial charge in [0.05, 0.1) is 16.8 Å². The van der Waals surface area contributed by atoms with E-state index in [1.165, 1.54) is 19.3 Å². The van der Waals surface area contributed by atoms with Crippen LogP contribution in [0.15, 0.2) is 78.9 Å². The number of amides is 3. The minimum Gasteiger partial charge on any atom is -0.487 e. The van der Waals surface area contributed by atoms with Gasteiger partial charge in [0.1, 0.15) is 18.9 Å². The number of para-hydroxylation sites is 2. The predicted octanol–water partition coefficient (Wildman–Crippen LogP) is 6.11. The number of hydrogen-bond acceptors (Lipinski definition) is 4. The normalized spacial score (nSPS) is 26.2. The lowest BCUT2D eigenvalue weighted by Crippen LogP contribution is -2.54. The van der Waals surface area contributed by atoms with E-state index in [0.717, 1.165) is 47.5 Å². The molecule has 0 N–H and O–H groups in total. The summed E-state index contributed by atoms with van der Waals surface area (Å²) in [6.45, 7) is 0.686. The Kier molecular flexibility index (Phi) is 6.21. The number of benzene rings is 3. The Morgan fingerprint density at radius 3 is 1.95 bits per heavy atom. The summed E-state index contributed by atoms with van der Waals surface area (Å²) in [7, 11) is 0. The fourth-order valence-electron chi connectivity index (χ4n) is 8.27. The molecule has 0 spiro atoms. The average molecular weight is 535 g/mol. The molecular formula is C34H34N2O4. The van der Waals surface area contributed by atoms with Crippen molar-refractivity contribution in [2.75, 3.05) is 18.0 Å². The topological polar surface area (TPSA) is 66.9 Å². The summed E-state index contributed by atoms with van der Waals surface area (Å²) in [6, 6.07) is 24.4. The summed E-state index contributed by atoms with van der Waals surface area (Å²) < 4.78 is 6.30. The van der Waals surface area contributed by atoms with Gasteiger partial charge in [0.2, 0.25) is 5.91 Å². The van der Waals surface area contributed by atoms with Crippen molar-refractivity contribution in [3.05, 3.63) is 95.6 Å². The number of nitrogens with zero attached hydrogens (tertiary/aromatic N) is 2. The molecule has 4 bridgehead atoms. The molecule has 0 radical (unpaired) electrons. The van der Waals surface area contributed by atoms with Gasteiger partial charge in [-0.2, -0.15) is 0 Å². The molecule has 1 heterocycles. The van der Waals surface area contributed by atoms with E-state index in [0.29, 0.717) is 35.7 Å². The quantitative estimate of drug-likeness (QED) is 0.327. The third-order valence-corrected chi connectivity index (χ3v) is 9.52. The van der Waals surface area contributed by atoms with Crippen molar-refractivity contribution in [3.8, 4) is 5.75 Å². The van der Waals surface area contributed by atoms with Crippen molar-refractivity contribution in [3.63, 3.8) is 0 Å². The summed E-state index contributed by atoms with van der Waals surface area (Å²) in [6.07, 6.45) is 7.38. The fourth-order valence-corrected chi connectivity index (χ4v) is 8.27. The van der Waals surface area contributed by atoms with Crippen molar-refractivity contribution < 1.29 is 19.1 Å². The predicted molar refractivity (Wildman–Crippen MR) is 152 cm³/mol. The summed E-state index contributed by atoms with van der Waals surface area (Å²) in [5.41, 5.74) is 2.54. The number of rotatable bonds is 8. The van der Waals surface area contributed by atoms with Gasteiger partial charge in [-0.15, -0.1) is 0 Å². The molecule has 3 aromatic rings. The zero-order chi connectivity index (χ0) is 27.3. The number of imide groups is 1. The highest BCUT2D eigenvalue weighted by molar-refractivity contribution is 6.22. The van der Waals surface area contributed by atoms with Crippen molar-refractivity contribution >= 4 is 23.4 Å². The lowest BCUT2D eigenvalue weighted by atomic mass is 9.49. The van der Waals surface area contributed by atoms with Gasteiger partial charge in [0.15, 0.2) is 0 Å². The van der Waals surface area contributed by atoms with Crippen molar-refractivity contribution in [1.29, 1.82) is 0 Å². The van der Waals surface area contributed by atoms with Gasteiger partial charge >= 0.3 is 0 Å². The van der Waals surface area contributed by atoms with E-state index in [1.54, 1.807) is 24.3 Å². The molecule has 6 heteroatoms. The van der Waals surface area contributed by atoms with Crippen LogP contribution in [0.3, 0.4) is 0 Å². The number of fused-ring (bicyclic) bond motifs is 1. The molecule has 4 aliphatic carbocycles. The first-order chi connectivity index (χ1) is 19.5. The maximum atomic E-state index is 14.2. The van der Waals surface area contributed by atoms with Gasteiger partial charge in [-0.1, -0.05) is 54.6 Å². The second-order valence-electron chi connectivity index (χ2n) is 12.4. The van der Waals surface area contributed by atoms with Crippen LogP contribution in [0.5, 0.6) is 5.75 Å². The minimum atomic E-state index is -0.405. The number of hydrogen-bond donors (Lipinski definition) is 0. The maximum absolute atomic E-state index is 14.2. The van der Waals surface area contributed by atoms with Crippen LogP contribution in [0, 0.1) is 23.2 Å². The second kappa shape index (κ2) is 9.92. The number of carbonyl (C=O) groups is 3. The first-order valence-electron chi connectivity index (χ1n) is 14.5. The van der Waals surface area contributed by atoms with Gasteiger partial charge in [-0.3, -0.25) is 19.3 Å². The van der Waals surface area contributed by atoms with E-state index in [-0.39, 0.29) is 17.9 Å². The zero-order valence-corrected chi connectivity index (χ0v) is 22.6. The Morgan fingerprint density at radius 2 is 1.32 bits per heavy atom. The van der Waals surface area contributed by atoms with E-state index < -0.39 is 11.8 Å². The van der Waals surface area contributed by atoms with Gasteiger partial charge < -0.3 is 9.64 Å². The molecule has 0 saturated heterocycles. The summed E-state index contributed by atoms with van der Waals surface area (Å²) >= 11 is 0. The molecule has 6 nitrogen and oxygen atoms in total. The standard InChI is InChI=1S/C34H34N2O4/c37-31(20-35-32(38)27-10-4-5-11-28(27)33(35)39)36(22-34-17-24-14-25(18-34)16-26(15-24)19-34)29-12-6-7-13-30(29)40-21-23-8-2-1-3-9-23/h1-13,24-26H,14-22H2. The SMILES string of the molecule is O=C1c2ccccc2C(=O)N1CC(=O)N(CC12CC3CC(CC(C3)C1)C2)c1ccccc1OCc1ccccc1. The third kappa shape index (κ3) is 4.49. The summed E-state index contributed by atoms with van der Waals surface area (Å²) in [4.78, 5) is 43.4. The molecule has 4 saturated carbocycles. The second-order valence-corrected chi connectivity index (χ2v) is 12.4. The van der Waals surface area contributed by atoms with Crippen LogP contribution in [0.1, 0.15) is 64.8 Å². The minimum absolute atomic E-state index is 0.0684. The average Bonchev–Trinajstić information content (AvgIpc) is 3.20. The van der Waals surface area contributed by atoms with E-state index >= 15 is 0 Å². The van der Waals surface area contributed by atoms with Crippen LogP contribution >= 0.6 is 0 Å². The first-order valence-corrected chi connectivity index (χ1v) is 14.5. The number of ether oxygens (including phenoxy) is 1. The molecule has 8 rings (SSSR count). The van der Waals surface area contributed by atoms with Crippen LogP contribution in [0.2, 0.25) is 0 Å². The highest BCUT2D eigenvalue weighted by Gasteiger charge is 2.52. The van der Waals surface area contributed by atoms with E-state index in [1.807, 2.05) is 59.5 Å². The Balaban J connectivity index is 1.20. The van der Waals surface area contributed by atoms with Crippen molar-refractivity contribution in [1.82, 2.24) is 4.90 Å². The Morgan fingerprint density at radius 1 is 0.775 bits per heavy atom. The lowest BCUT2D eigenvalue weighted by molar-refractivity contribution is -0.120. The van der Waals surface area contributed by atoms with Gasteiger partial charge in [0, 0.05) is 6.54 Å². The third-order valence-electron chi connectivity index (χ3n) is 9.52. The van der Waals surface area contributed by atoms with Gasteiger partial charge in [-0.25, -0.2) is 0 Å². The summed E-state index contributed by atoms with van der Waals surface area (Å²) in [5.74, 6) is 1.79. The molecule has 204 valence electrons. The number of carbonyl (C=O) groups excluding carboxylic acids is 3. The van der Waals surface area contributed by atoms with Crippen LogP contribution in [0.4, 0.5) is 5.69 Å². The Bertz CT molecular complexity index is 1400. The lowest BCUT2D eigenvalue weighted by Gasteiger charge is -2.57. The van der Waals surface area contributed by atoms with Crippen LogP contribution < -0.4 is 9.64 Å². The van der Waals surface area contributed by atoms with Crippen LogP contribution in [0.25, 0.3) is 0 Å². The monoisotopic (exact) mass is 534 g/mol. The zero-order valence-electron chi connectivity index (χ0n) is 22.6. The molecule has 5 aliphatic rings. The molecule has 0 atom stereocenters. The van der Waals surface area contributed by atoms with Crippen molar-refractivity contribution in [2.24, 2.45) is 23.2 Å². The Hall–Kier alpha value is -3.93. The summed E-state index contributed by atoms with van der Waals surface area (Å²) in [5, 5.41) is 0. The maximum Gasteiger partial charge on any atom is 0.262 e. The van der Waals surface area contributed by atoms with Crippen LogP contribution in [-0.2, 0) is 11.4 Å². The molecule has 4 fully saturated rings. The highest BCUT2D eigenvalue weighted by Crippen LogP contribution is 2.60. The van der Waals surface area contributed by atoms with Crippen LogP contribution in [-0.4, -0.2) is 35.7 Å². The fraction of sp³-hybridized carbons (Fsp3) is 0.382. The molecule has 40 heavy (non-hydrogen) atoms.